The summed E-state index contributed by atoms with van der Waals surface area (Å²) in [6.07, 6.45) is 3.27. The lowest BCUT2D eigenvalue weighted by Gasteiger charge is -1.84. The molecule has 0 aromatic carbocycles. The van der Waals surface area contributed by atoms with Crippen LogP contribution in [-0.2, 0) is 5.75 Å². The van der Waals surface area contributed by atoms with Crippen LogP contribution < -0.4 is 0 Å². The number of hydrogen-bond acceptors (Lipinski definition) is 4. The number of aromatic nitrogens is 1. The van der Waals surface area contributed by atoms with Crippen LogP contribution in [0.5, 0.6) is 0 Å². The molecule has 1 heterocycles. The van der Waals surface area contributed by atoms with E-state index in [0.29, 0.717) is 11.4 Å². The van der Waals surface area contributed by atoms with E-state index in [1.807, 2.05) is 6.26 Å². The number of hydrogen-bond donors (Lipinski definition) is 1. The van der Waals surface area contributed by atoms with E-state index in [9.17, 15) is 4.79 Å². The molecule has 60 valence electrons. The average molecular weight is 173 g/mol. The van der Waals surface area contributed by atoms with Crippen LogP contribution in [0.3, 0.4) is 0 Å². The molecule has 11 heavy (non-hydrogen) atoms. The average Bonchev–Trinajstić information content (AvgIpc) is 2.37. The molecule has 0 amide bonds. The van der Waals surface area contributed by atoms with Crippen LogP contribution in [0.15, 0.2) is 10.7 Å². The number of oxazole rings is 1. The second kappa shape index (κ2) is 3.43. The molecule has 0 saturated carbocycles. The van der Waals surface area contributed by atoms with E-state index < -0.39 is 5.97 Å². The summed E-state index contributed by atoms with van der Waals surface area (Å²) >= 11 is 1.56. The van der Waals surface area contributed by atoms with Crippen molar-refractivity contribution in [1.29, 1.82) is 0 Å². The molecule has 0 bridgehead atoms. The first-order valence-corrected chi connectivity index (χ1v) is 4.30. The first kappa shape index (κ1) is 8.13. The summed E-state index contributed by atoms with van der Waals surface area (Å²) in [5.74, 6) is -0.692. The number of rotatable bonds is 3. The Bertz CT molecular complexity index is 258. The van der Waals surface area contributed by atoms with Crippen molar-refractivity contribution in [2.45, 2.75) is 5.75 Å². The fraction of sp³-hybridized carbons (Fsp3) is 0.333. The Morgan fingerprint density at radius 1 is 1.91 bits per heavy atom. The quantitative estimate of drug-likeness (QED) is 0.744. The van der Waals surface area contributed by atoms with Crippen molar-refractivity contribution in [2.24, 2.45) is 0 Å². The van der Waals surface area contributed by atoms with Gasteiger partial charge in [0.2, 0.25) is 0 Å². The van der Waals surface area contributed by atoms with E-state index in [1.165, 1.54) is 6.26 Å². The molecule has 0 aliphatic heterocycles. The molecular formula is C6H7NO3S. The van der Waals surface area contributed by atoms with E-state index in [-0.39, 0.29) is 5.89 Å². The Hall–Kier alpha value is -0.970. The summed E-state index contributed by atoms with van der Waals surface area (Å²) in [5, 5.41) is 8.40. The van der Waals surface area contributed by atoms with Crippen LogP contribution in [0.2, 0.25) is 0 Å². The Morgan fingerprint density at radius 3 is 3.09 bits per heavy atom. The van der Waals surface area contributed by atoms with Gasteiger partial charge in [-0.3, -0.25) is 0 Å². The minimum atomic E-state index is -1.13. The number of carboxylic acid groups (broad SMARTS) is 1. The van der Waals surface area contributed by atoms with Gasteiger partial charge in [-0.15, -0.1) is 0 Å². The van der Waals surface area contributed by atoms with Gasteiger partial charge < -0.3 is 9.52 Å². The standard InChI is InChI=1S/C6H7NO3S/c1-11-3-4-2-10-5(7-4)6(8)9/h2H,3H2,1H3,(H,8,9). The summed E-state index contributed by atoms with van der Waals surface area (Å²) in [5.41, 5.74) is 0.662. The van der Waals surface area contributed by atoms with Crippen molar-refractivity contribution in [3.05, 3.63) is 17.8 Å². The minimum Gasteiger partial charge on any atom is -0.474 e. The first-order chi connectivity index (χ1) is 5.24. The predicted octanol–water partition coefficient (Wildman–Crippen LogP) is 1.24. The Kier molecular flexibility index (Phi) is 2.53. The van der Waals surface area contributed by atoms with E-state index in [2.05, 4.69) is 9.40 Å². The van der Waals surface area contributed by atoms with Crippen molar-refractivity contribution in [2.75, 3.05) is 6.26 Å². The third-order valence-corrected chi connectivity index (χ3v) is 1.61. The highest BCUT2D eigenvalue weighted by Gasteiger charge is 2.09. The molecule has 0 radical (unpaired) electrons. The van der Waals surface area contributed by atoms with Crippen LogP contribution in [0.1, 0.15) is 16.4 Å². The number of nitrogens with zero attached hydrogens (tertiary/aromatic N) is 1. The number of carboxylic acids is 1. The molecule has 0 atom stereocenters. The molecule has 0 aliphatic rings. The van der Waals surface area contributed by atoms with Crippen molar-refractivity contribution in [3.63, 3.8) is 0 Å². The predicted molar refractivity (Wildman–Crippen MR) is 40.7 cm³/mol. The second-order valence-electron chi connectivity index (χ2n) is 1.88. The van der Waals surface area contributed by atoms with Crippen molar-refractivity contribution >= 4 is 17.7 Å². The molecule has 0 aliphatic carbocycles. The van der Waals surface area contributed by atoms with Gasteiger partial charge in [0.25, 0.3) is 0 Å². The van der Waals surface area contributed by atoms with Gasteiger partial charge in [-0.1, -0.05) is 0 Å². The van der Waals surface area contributed by atoms with Gasteiger partial charge in [-0.25, -0.2) is 9.78 Å². The van der Waals surface area contributed by atoms with Gasteiger partial charge in [0.15, 0.2) is 0 Å². The van der Waals surface area contributed by atoms with Gasteiger partial charge in [0.1, 0.15) is 6.26 Å². The van der Waals surface area contributed by atoms with Crippen molar-refractivity contribution in [1.82, 2.24) is 4.98 Å². The van der Waals surface area contributed by atoms with Crippen molar-refractivity contribution in [3.8, 4) is 0 Å². The zero-order valence-corrected chi connectivity index (χ0v) is 6.72. The molecule has 0 unspecified atom stereocenters. The smallest absolute Gasteiger partial charge is 0.392 e. The van der Waals surface area contributed by atoms with E-state index in [0.717, 1.165) is 0 Å². The van der Waals surface area contributed by atoms with Gasteiger partial charge in [0, 0.05) is 5.75 Å². The topological polar surface area (TPSA) is 63.3 Å². The number of aromatic carboxylic acids is 1. The maximum Gasteiger partial charge on any atom is 0.392 e. The van der Waals surface area contributed by atoms with Gasteiger partial charge in [-0.05, 0) is 6.26 Å². The summed E-state index contributed by atoms with van der Waals surface area (Å²) < 4.78 is 4.65. The van der Waals surface area contributed by atoms with Crippen LogP contribution in [-0.4, -0.2) is 22.3 Å². The van der Waals surface area contributed by atoms with Crippen LogP contribution >= 0.6 is 11.8 Å². The minimum absolute atomic E-state index is 0.242. The lowest BCUT2D eigenvalue weighted by atomic mass is 10.6. The third kappa shape index (κ3) is 1.98. The normalized spacial score (nSPS) is 9.91. The van der Waals surface area contributed by atoms with Crippen LogP contribution in [0.4, 0.5) is 0 Å². The molecule has 0 fully saturated rings. The van der Waals surface area contributed by atoms with Gasteiger partial charge in [0.05, 0.1) is 5.69 Å². The third-order valence-electron chi connectivity index (χ3n) is 1.03. The lowest BCUT2D eigenvalue weighted by molar-refractivity contribution is 0.0653. The highest BCUT2D eigenvalue weighted by Crippen LogP contribution is 2.08. The molecule has 4 nitrogen and oxygen atoms in total. The number of carbonyl (C=O) groups is 1. The van der Waals surface area contributed by atoms with Crippen molar-refractivity contribution < 1.29 is 14.3 Å². The summed E-state index contributed by atoms with van der Waals surface area (Å²) in [6.45, 7) is 0. The molecule has 1 rings (SSSR count). The monoisotopic (exact) mass is 173 g/mol. The fourth-order valence-electron chi connectivity index (χ4n) is 0.619. The van der Waals surface area contributed by atoms with Crippen LogP contribution in [0, 0.1) is 0 Å². The maximum atomic E-state index is 10.3. The molecule has 0 spiro atoms. The second-order valence-corrected chi connectivity index (χ2v) is 2.75. The fourth-order valence-corrected chi connectivity index (χ4v) is 1.05. The number of thioether (sulfide) groups is 1. The van der Waals surface area contributed by atoms with E-state index in [4.69, 9.17) is 5.11 Å². The Morgan fingerprint density at radius 2 is 2.64 bits per heavy atom. The summed E-state index contributed by atoms with van der Waals surface area (Å²) in [4.78, 5) is 14.0. The zero-order chi connectivity index (χ0) is 8.27. The SMILES string of the molecule is CSCc1coc(C(=O)O)n1. The first-order valence-electron chi connectivity index (χ1n) is 2.90. The Balaban J connectivity index is 2.73. The molecule has 1 aromatic rings. The molecule has 5 heteroatoms. The lowest BCUT2D eigenvalue weighted by Crippen LogP contribution is -1.95. The summed E-state index contributed by atoms with van der Waals surface area (Å²) in [7, 11) is 0. The molecule has 1 aromatic heterocycles. The zero-order valence-electron chi connectivity index (χ0n) is 5.90. The highest BCUT2D eigenvalue weighted by atomic mass is 32.2. The summed E-state index contributed by atoms with van der Waals surface area (Å²) in [6, 6.07) is 0. The van der Waals surface area contributed by atoms with Gasteiger partial charge >= 0.3 is 11.9 Å². The Labute approximate surface area is 67.6 Å². The van der Waals surface area contributed by atoms with Crippen LogP contribution in [0.25, 0.3) is 0 Å². The highest BCUT2D eigenvalue weighted by molar-refractivity contribution is 7.97. The molecule has 1 N–H and O–H groups in total. The van der Waals surface area contributed by atoms with E-state index >= 15 is 0 Å². The maximum absolute atomic E-state index is 10.3. The molecular weight excluding hydrogens is 166 g/mol. The largest absolute Gasteiger partial charge is 0.474 e. The van der Waals surface area contributed by atoms with Gasteiger partial charge in [-0.2, -0.15) is 11.8 Å². The van der Waals surface area contributed by atoms with E-state index in [1.54, 1.807) is 11.8 Å². The molecule has 0 saturated heterocycles.